The fraction of sp³-hybridized carbons (Fsp3) is 0.562. The van der Waals surface area contributed by atoms with Crippen LogP contribution in [-0.4, -0.2) is 18.9 Å². The minimum atomic E-state index is -0.448. The zero-order valence-corrected chi connectivity index (χ0v) is 11.9. The summed E-state index contributed by atoms with van der Waals surface area (Å²) in [7, 11) is 0. The highest BCUT2D eigenvalue weighted by atomic mass is 16.5. The molecule has 0 saturated carbocycles. The van der Waals surface area contributed by atoms with E-state index in [9.17, 15) is 4.79 Å². The van der Waals surface area contributed by atoms with Gasteiger partial charge in [-0.2, -0.15) is 0 Å². The van der Waals surface area contributed by atoms with Crippen LogP contribution in [-0.2, 0) is 6.42 Å². The minimum absolute atomic E-state index is 0.138. The van der Waals surface area contributed by atoms with Crippen LogP contribution in [0.2, 0.25) is 0 Å². The fourth-order valence-corrected chi connectivity index (χ4v) is 2.81. The first kappa shape index (κ1) is 14.1. The van der Waals surface area contributed by atoms with Crippen LogP contribution < -0.4 is 10.5 Å². The second-order valence-corrected chi connectivity index (χ2v) is 5.27. The summed E-state index contributed by atoms with van der Waals surface area (Å²) in [5.74, 6) is 0.928. The number of carbonyl (C=O) groups is 1. The molecule has 0 aromatic heterocycles. The van der Waals surface area contributed by atoms with Gasteiger partial charge in [0.1, 0.15) is 5.75 Å². The van der Waals surface area contributed by atoms with E-state index in [-0.39, 0.29) is 5.78 Å². The zero-order valence-electron chi connectivity index (χ0n) is 11.9. The highest BCUT2D eigenvalue weighted by molar-refractivity contribution is 6.03. The van der Waals surface area contributed by atoms with E-state index in [1.807, 2.05) is 32.0 Å². The Morgan fingerprint density at radius 3 is 2.74 bits per heavy atom. The molecule has 1 heterocycles. The van der Waals surface area contributed by atoms with Gasteiger partial charge in [-0.15, -0.1) is 0 Å². The quantitative estimate of drug-likeness (QED) is 0.829. The molecule has 3 nitrogen and oxygen atoms in total. The highest BCUT2D eigenvalue weighted by Crippen LogP contribution is 2.36. The molecule has 2 rings (SSSR count). The Morgan fingerprint density at radius 1 is 1.37 bits per heavy atom. The van der Waals surface area contributed by atoms with Gasteiger partial charge in [0.05, 0.1) is 12.2 Å². The summed E-state index contributed by atoms with van der Waals surface area (Å²) >= 11 is 0. The van der Waals surface area contributed by atoms with Crippen molar-refractivity contribution in [1.82, 2.24) is 0 Å². The van der Waals surface area contributed by atoms with Crippen LogP contribution in [0.3, 0.4) is 0 Å². The van der Waals surface area contributed by atoms with Crippen LogP contribution >= 0.6 is 0 Å². The topological polar surface area (TPSA) is 52.3 Å². The average molecular weight is 261 g/mol. The minimum Gasteiger partial charge on any atom is -0.493 e. The van der Waals surface area contributed by atoms with Gasteiger partial charge >= 0.3 is 0 Å². The number of para-hydroxylation sites is 1. The maximum absolute atomic E-state index is 12.9. The largest absolute Gasteiger partial charge is 0.493 e. The third-order valence-corrected chi connectivity index (χ3v) is 4.40. The number of benzene rings is 1. The molecule has 0 saturated heterocycles. The van der Waals surface area contributed by atoms with Gasteiger partial charge in [-0.3, -0.25) is 4.79 Å². The van der Waals surface area contributed by atoms with Gasteiger partial charge in [0.25, 0.3) is 0 Å². The Hall–Kier alpha value is -1.35. The Labute approximate surface area is 115 Å². The first-order valence-corrected chi connectivity index (χ1v) is 7.18. The number of ketones is 1. The summed E-state index contributed by atoms with van der Waals surface area (Å²) in [6.45, 7) is 5.16. The van der Waals surface area contributed by atoms with Crippen LogP contribution in [0.4, 0.5) is 0 Å². The third kappa shape index (κ3) is 2.39. The highest BCUT2D eigenvalue weighted by Gasteiger charge is 2.36. The van der Waals surface area contributed by atoms with Crippen molar-refractivity contribution in [2.45, 2.75) is 39.5 Å². The van der Waals surface area contributed by atoms with E-state index in [0.717, 1.165) is 37.0 Å². The van der Waals surface area contributed by atoms with Crippen LogP contribution in [0.1, 0.15) is 49.0 Å². The van der Waals surface area contributed by atoms with Crippen LogP contribution in [0.15, 0.2) is 18.2 Å². The molecule has 0 amide bonds. The Balaban J connectivity index is 2.44. The van der Waals surface area contributed by atoms with Gasteiger partial charge in [-0.1, -0.05) is 26.0 Å². The number of ether oxygens (including phenoxy) is 1. The van der Waals surface area contributed by atoms with Crippen LogP contribution in [0.25, 0.3) is 0 Å². The molecule has 0 radical (unpaired) electrons. The van der Waals surface area contributed by atoms with E-state index in [0.29, 0.717) is 18.7 Å². The van der Waals surface area contributed by atoms with Crippen molar-refractivity contribution in [2.24, 2.45) is 11.1 Å². The van der Waals surface area contributed by atoms with Crippen molar-refractivity contribution in [1.29, 1.82) is 0 Å². The van der Waals surface area contributed by atoms with Gasteiger partial charge in [0, 0.05) is 12.0 Å². The Bertz CT molecular complexity index is 456. The second kappa shape index (κ2) is 5.74. The van der Waals surface area contributed by atoms with Gasteiger partial charge in [-0.25, -0.2) is 0 Å². The monoisotopic (exact) mass is 261 g/mol. The summed E-state index contributed by atoms with van der Waals surface area (Å²) in [5, 5.41) is 0. The lowest BCUT2D eigenvalue weighted by molar-refractivity contribution is 0.0782. The molecule has 1 aliphatic rings. The van der Waals surface area contributed by atoms with Crippen molar-refractivity contribution >= 4 is 5.78 Å². The second-order valence-electron chi connectivity index (χ2n) is 5.27. The molecule has 0 bridgehead atoms. The van der Waals surface area contributed by atoms with E-state index in [1.54, 1.807) is 0 Å². The molecule has 1 aromatic rings. The number of rotatable bonds is 5. The summed E-state index contributed by atoms with van der Waals surface area (Å²) in [6, 6.07) is 5.88. The number of Topliss-reactive ketones (excluding diaryl/α,β-unsaturated/α-hetero) is 1. The molecule has 1 aliphatic heterocycles. The van der Waals surface area contributed by atoms with Crippen molar-refractivity contribution in [3.05, 3.63) is 29.3 Å². The summed E-state index contributed by atoms with van der Waals surface area (Å²) < 4.78 is 5.74. The lowest BCUT2D eigenvalue weighted by Crippen LogP contribution is -2.38. The van der Waals surface area contributed by atoms with Crippen molar-refractivity contribution in [2.75, 3.05) is 13.2 Å². The molecule has 0 fully saturated rings. The first-order chi connectivity index (χ1) is 9.18. The number of aryl methyl sites for hydroxylation is 1. The van der Waals surface area contributed by atoms with Crippen molar-refractivity contribution in [3.8, 4) is 5.75 Å². The molecule has 1 aromatic carbocycles. The molecule has 19 heavy (non-hydrogen) atoms. The van der Waals surface area contributed by atoms with Crippen molar-refractivity contribution in [3.63, 3.8) is 0 Å². The van der Waals surface area contributed by atoms with Crippen LogP contribution in [0.5, 0.6) is 5.75 Å². The number of nitrogens with two attached hydrogens (primary N) is 1. The number of carbonyl (C=O) groups excluding carboxylic acids is 1. The Kier molecular flexibility index (Phi) is 4.25. The molecule has 2 N–H and O–H groups in total. The molecule has 0 atom stereocenters. The average Bonchev–Trinajstić information content (AvgIpc) is 2.49. The van der Waals surface area contributed by atoms with Gasteiger partial charge in [0.15, 0.2) is 5.78 Å². The molecular weight excluding hydrogens is 238 g/mol. The Morgan fingerprint density at radius 2 is 2.11 bits per heavy atom. The van der Waals surface area contributed by atoms with E-state index >= 15 is 0 Å². The molecule has 104 valence electrons. The van der Waals surface area contributed by atoms with Gasteiger partial charge in [-0.05, 0) is 37.3 Å². The fourth-order valence-electron chi connectivity index (χ4n) is 2.81. The van der Waals surface area contributed by atoms with Gasteiger partial charge < -0.3 is 10.5 Å². The van der Waals surface area contributed by atoms with Crippen molar-refractivity contribution < 1.29 is 9.53 Å². The van der Waals surface area contributed by atoms with E-state index < -0.39 is 5.41 Å². The number of hydrogen-bond donors (Lipinski definition) is 1. The predicted molar refractivity (Wildman–Crippen MR) is 76.7 cm³/mol. The predicted octanol–water partition coefficient (Wildman–Crippen LogP) is 2.96. The molecule has 3 heteroatoms. The van der Waals surface area contributed by atoms with Crippen LogP contribution in [0, 0.1) is 5.41 Å². The smallest absolute Gasteiger partial charge is 0.173 e. The molecule has 0 unspecified atom stereocenters. The lowest BCUT2D eigenvalue weighted by Gasteiger charge is -2.30. The summed E-state index contributed by atoms with van der Waals surface area (Å²) in [4.78, 5) is 12.9. The number of hydrogen-bond acceptors (Lipinski definition) is 3. The summed E-state index contributed by atoms with van der Waals surface area (Å²) in [6.07, 6.45) is 3.55. The van der Waals surface area contributed by atoms with Gasteiger partial charge in [0.2, 0.25) is 0 Å². The zero-order chi connectivity index (χ0) is 13.9. The summed E-state index contributed by atoms with van der Waals surface area (Å²) in [5.41, 5.74) is 7.30. The SMILES string of the molecule is CCC(CC)(CN)C(=O)c1cccc2c1OCCC2. The molecule has 0 spiro atoms. The normalized spacial score (nSPS) is 14.7. The van der Waals surface area contributed by atoms with E-state index in [1.165, 1.54) is 0 Å². The van der Waals surface area contributed by atoms with E-state index in [2.05, 4.69) is 0 Å². The first-order valence-electron chi connectivity index (χ1n) is 7.18. The standard InChI is InChI=1S/C16H23NO2/c1-3-16(4-2,11-17)15(18)13-9-5-7-12-8-6-10-19-14(12)13/h5,7,9H,3-4,6,8,10-11,17H2,1-2H3. The maximum Gasteiger partial charge on any atom is 0.173 e. The molecule has 0 aliphatic carbocycles. The maximum atomic E-state index is 12.9. The lowest BCUT2D eigenvalue weighted by atomic mass is 9.75. The number of fused-ring (bicyclic) bond motifs is 1. The third-order valence-electron chi connectivity index (χ3n) is 4.40. The molecular formula is C16H23NO2. The van der Waals surface area contributed by atoms with E-state index in [4.69, 9.17) is 10.5 Å².